The summed E-state index contributed by atoms with van der Waals surface area (Å²) >= 11 is 0. The number of esters is 2. The smallest absolute Gasteiger partial charge is 0.314 e. The molecule has 2 aliphatic heterocycles. The molecule has 5 fully saturated rings. The zero-order valence-electron chi connectivity index (χ0n) is 31.6. The van der Waals surface area contributed by atoms with Gasteiger partial charge in [0, 0.05) is 35.2 Å². The molecule has 6 aliphatic rings. The maximum Gasteiger partial charge on any atom is 0.314 e. The lowest BCUT2D eigenvalue weighted by Gasteiger charge is -2.37. The minimum Gasteiger partial charge on any atom is -0.426 e. The number of carbonyl (C=O) groups excluding carboxylic acids is 2. The second kappa shape index (κ2) is 17.0. The topological polar surface area (TPSA) is 89.5 Å². The first-order chi connectivity index (χ1) is 24.8. The van der Waals surface area contributed by atoms with Gasteiger partial charge in [-0.15, -0.1) is 0 Å². The van der Waals surface area contributed by atoms with E-state index >= 15 is 0 Å². The molecule has 0 N–H and O–H groups in total. The Morgan fingerprint density at radius 3 is 1.39 bits per heavy atom. The first kappa shape index (κ1) is 37.3. The van der Waals surface area contributed by atoms with Crippen molar-refractivity contribution in [2.24, 2.45) is 34.5 Å². The van der Waals surface area contributed by atoms with Gasteiger partial charge in [-0.1, -0.05) is 39.5 Å². The van der Waals surface area contributed by atoms with Crippen molar-refractivity contribution < 1.29 is 38.0 Å². The molecule has 2 bridgehead atoms. The summed E-state index contributed by atoms with van der Waals surface area (Å²) in [6.45, 7) is 11.0. The maximum absolute atomic E-state index is 13.4. The van der Waals surface area contributed by atoms with Crippen molar-refractivity contribution in [2.75, 3.05) is 52.9 Å². The van der Waals surface area contributed by atoms with Gasteiger partial charge in [-0.2, -0.15) is 0 Å². The van der Waals surface area contributed by atoms with Crippen LogP contribution in [0, 0.1) is 34.5 Å². The number of benzene rings is 1. The van der Waals surface area contributed by atoms with Crippen LogP contribution in [0.3, 0.4) is 0 Å². The number of hydrogen-bond donors (Lipinski definition) is 0. The zero-order chi connectivity index (χ0) is 35.3. The molecule has 0 aromatic heterocycles. The van der Waals surface area contributed by atoms with Crippen LogP contribution in [0.5, 0.6) is 11.5 Å². The summed E-state index contributed by atoms with van der Waals surface area (Å²) in [5, 5.41) is 0. The molecule has 0 amide bonds. The molecule has 2 unspecified atom stereocenters. The van der Waals surface area contributed by atoms with E-state index in [4.69, 9.17) is 28.4 Å². The number of ether oxygens (including phenoxy) is 6. The van der Waals surface area contributed by atoms with Crippen LogP contribution < -0.4 is 9.47 Å². The molecule has 2 saturated heterocycles. The molecule has 2 heterocycles. The Kier molecular flexibility index (Phi) is 12.4. The Labute approximate surface area is 306 Å². The quantitative estimate of drug-likeness (QED) is 0.0849. The summed E-state index contributed by atoms with van der Waals surface area (Å²) in [6, 6.07) is 3.82. The van der Waals surface area contributed by atoms with E-state index in [1.165, 1.54) is 25.7 Å². The summed E-state index contributed by atoms with van der Waals surface area (Å²) in [4.78, 5) is 26.9. The third-order valence-corrected chi connectivity index (χ3v) is 13.2. The largest absolute Gasteiger partial charge is 0.426 e. The molecule has 8 nitrogen and oxygen atoms in total. The monoisotopic (exact) mass is 708 g/mol. The molecule has 3 saturated carbocycles. The van der Waals surface area contributed by atoms with Crippen molar-refractivity contribution in [2.45, 2.75) is 135 Å². The Bertz CT molecular complexity index is 1220. The number of unbranched alkanes of at least 4 members (excludes halogenated alkanes) is 2. The van der Waals surface area contributed by atoms with E-state index in [-0.39, 0.29) is 34.6 Å². The third-order valence-electron chi connectivity index (χ3n) is 13.2. The molecule has 0 spiro atoms. The van der Waals surface area contributed by atoms with Crippen molar-refractivity contribution in [1.82, 2.24) is 0 Å². The molecule has 2 atom stereocenters. The van der Waals surface area contributed by atoms with Gasteiger partial charge in [0.25, 0.3) is 0 Å². The fraction of sp³-hybridized carbons (Fsp3) is 0.814. The van der Waals surface area contributed by atoms with Crippen LogP contribution in [0.15, 0.2) is 12.1 Å². The van der Waals surface area contributed by atoms with Gasteiger partial charge in [0.15, 0.2) is 0 Å². The highest BCUT2D eigenvalue weighted by Gasteiger charge is 2.43. The first-order valence-electron chi connectivity index (χ1n) is 20.7. The standard InChI is InChI=1S/C43H64O8/c1-42(26-48-27-42)24-46-21-5-3-7-30-9-13-32(14-10-30)40(44)50-36-19-20-37(39-35-18-17-34(23-35)38(36)39)51-41(45)33-15-11-31(12-16-33)8-4-6-22-47-25-43(2)28-49-29-43/h19-20,30-35H,3-18,21-29H2,1-2H3. The summed E-state index contributed by atoms with van der Waals surface area (Å²) in [6.07, 6.45) is 18.4. The van der Waals surface area contributed by atoms with Crippen molar-refractivity contribution in [3.63, 3.8) is 0 Å². The Morgan fingerprint density at radius 2 is 1.02 bits per heavy atom. The van der Waals surface area contributed by atoms with Crippen LogP contribution in [0.4, 0.5) is 0 Å². The number of rotatable bonds is 18. The normalized spacial score (nSPS) is 30.2. The van der Waals surface area contributed by atoms with Gasteiger partial charge in [-0.25, -0.2) is 0 Å². The van der Waals surface area contributed by atoms with Gasteiger partial charge in [0.05, 0.1) is 51.5 Å². The van der Waals surface area contributed by atoms with E-state index in [9.17, 15) is 9.59 Å². The van der Waals surface area contributed by atoms with Crippen molar-refractivity contribution >= 4 is 11.9 Å². The minimum absolute atomic E-state index is 0.0266. The highest BCUT2D eigenvalue weighted by Crippen LogP contribution is 2.59. The SMILES string of the molecule is CC1(COCCCCC2CCC(C(=O)Oc3ccc(OC(=O)C4CCC(CCCCOCC5(C)COC5)CC4)c4c3C3CCC4C3)CC2)COC1. The highest BCUT2D eigenvalue weighted by molar-refractivity contribution is 5.78. The average molecular weight is 709 g/mol. The molecule has 7 rings (SSSR count). The molecule has 284 valence electrons. The zero-order valence-corrected chi connectivity index (χ0v) is 31.6. The van der Waals surface area contributed by atoms with Gasteiger partial charge >= 0.3 is 11.9 Å². The van der Waals surface area contributed by atoms with E-state index in [1.54, 1.807) is 0 Å². The summed E-state index contributed by atoms with van der Waals surface area (Å²) in [5.41, 5.74) is 2.73. The molecular weight excluding hydrogens is 644 g/mol. The lowest BCUT2D eigenvalue weighted by atomic mass is 9.80. The first-order valence-corrected chi connectivity index (χ1v) is 20.7. The van der Waals surface area contributed by atoms with Crippen molar-refractivity contribution in [3.05, 3.63) is 23.3 Å². The van der Waals surface area contributed by atoms with Crippen LogP contribution in [0.2, 0.25) is 0 Å². The Balaban J connectivity index is 0.822. The predicted octanol–water partition coefficient (Wildman–Crippen LogP) is 8.92. The second-order valence-electron chi connectivity index (χ2n) is 18.1. The average Bonchev–Trinajstić information content (AvgIpc) is 3.75. The molecule has 1 aromatic rings. The Hall–Kier alpha value is -2.00. The minimum atomic E-state index is -0.0764. The number of carbonyl (C=O) groups is 2. The lowest BCUT2D eigenvalue weighted by molar-refractivity contribution is -0.141. The fourth-order valence-corrected chi connectivity index (χ4v) is 9.86. The maximum atomic E-state index is 13.4. The van der Waals surface area contributed by atoms with Gasteiger partial charge in [0.2, 0.25) is 0 Å². The molecule has 51 heavy (non-hydrogen) atoms. The van der Waals surface area contributed by atoms with Gasteiger partial charge < -0.3 is 28.4 Å². The molecule has 8 heteroatoms. The second-order valence-corrected chi connectivity index (χ2v) is 18.1. The van der Waals surface area contributed by atoms with Crippen LogP contribution in [0.1, 0.15) is 146 Å². The van der Waals surface area contributed by atoms with Crippen LogP contribution >= 0.6 is 0 Å². The van der Waals surface area contributed by atoms with Gasteiger partial charge in [-0.3, -0.25) is 9.59 Å². The molecule has 1 aromatic carbocycles. The summed E-state index contributed by atoms with van der Waals surface area (Å²) in [5.74, 6) is 3.40. The van der Waals surface area contributed by atoms with Gasteiger partial charge in [-0.05, 0) is 119 Å². The molecule has 0 radical (unpaired) electrons. The summed E-state index contributed by atoms with van der Waals surface area (Å²) < 4.78 is 34.8. The number of fused-ring (bicyclic) bond motifs is 5. The van der Waals surface area contributed by atoms with Crippen molar-refractivity contribution in [3.8, 4) is 11.5 Å². The van der Waals surface area contributed by atoms with Crippen molar-refractivity contribution in [1.29, 1.82) is 0 Å². The van der Waals surface area contributed by atoms with Gasteiger partial charge in [0.1, 0.15) is 11.5 Å². The fourth-order valence-electron chi connectivity index (χ4n) is 9.86. The van der Waals surface area contributed by atoms with Crippen LogP contribution in [-0.2, 0) is 28.5 Å². The predicted molar refractivity (Wildman–Crippen MR) is 195 cm³/mol. The van der Waals surface area contributed by atoms with E-state index in [0.717, 1.165) is 147 Å². The number of hydrogen-bond acceptors (Lipinski definition) is 8. The van der Waals surface area contributed by atoms with E-state index in [1.807, 2.05) is 12.1 Å². The lowest BCUT2D eigenvalue weighted by Crippen LogP contribution is -2.43. The molecular formula is C43H64O8. The van der Waals surface area contributed by atoms with E-state index in [0.29, 0.717) is 35.2 Å². The summed E-state index contributed by atoms with van der Waals surface area (Å²) in [7, 11) is 0. The van der Waals surface area contributed by atoms with E-state index in [2.05, 4.69) is 13.8 Å². The van der Waals surface area contributed by atoms with Crippen LogP contribution in [0.25, 0.3) is 0 Å². The molecule has 4 aliphatic carbocycles. The van der Waals surface area contributed by atoms with Crippen LogP contribution in [-0.4, -0.2) is 64.8 Å². The highest BCUT2D eigenvalue weighted by atomic mass is 16.5. The third kappa shape index (κ3) is 9.39. The van der Waals surface area contributed by atoms with E-state index < -0.39 is 0 Å². The Morgan fingerprint density at radius 1 is 0.608 bits per heavy atom.